The molecule has 21 heavy (non-hydrogen) atoms. The van der Waals surface area contributed by atoms with Gasteiger partial charge in [0.25, 0.3) is 0 Å². The number of aromatic nitrogens is 2. The van der Waals surface area contributed by atoms with Crippen LogP contribution in [0.15, 0.2) is 18.2 Å². The molecule has 112 valence electrons. The minimum Gasteiger partial charge on any atom is -0.497 e. The van der Waals surface area contributed by atoms with E-state index >= 15 is 0 Å². The van der Waals surface area contributed by atoms with Crippen molar-refractivity contribution in [2.24, 2.45) is 0 Å². The zero-order valence-corrected chi connectivity index (χ0v) is 12.7. The van der Waals surface area contributed by atoms with Gasteiger partial charge in [-0.05, 0) is 25.0 Å². The van der Waals surface area contributed by atoms with Crippen molar-refractivity contribution in [2.45, 2.75) is 32.2 Å². The number of nitrogens with zero attached hydrogens (tertiary/aromatic N) is 2. The summed E-state index contributed by atoms with van der Waals surface area (Å²) in [5, 5.41) is 0. The predicted molar refractivity (Wildman–Crippen MR) is 82.8 cm³/mol. The van der Waals surface area contributed by atoms with E-state index in [1.807, 2.05) is 18.2 Å². The maximum absolute atomic E-state index is 6.35. The molecule has 1 aromatic carbocycles. The summed E-state index contributed by atoms with van der Waals surface area (Å²) >= 11 is 0. The average molecular weight is 287 g/mol. The van der Waals surface area contributed by atoms with E-state index in [4.69, 9.17) is 20.2 Å². The number of nitrogens with two attached hydrogens (primary N) is 1. The monoisotopic (exact) mass is 287 g/mol. The van der Waals surface area contributed by atoms with Gasteiger partial charge in [-0.3, -0.25) is 0 Å². The molecular formula is C16H21N3O2. The summed E-state index contributed by atoms with van der Waals surface area (Å²) in [4.78, 5) is 4.74. The summed E-state index contributed by atoms with van der Waals surface area (Å²) in [6.45, 7) is 2.11. The highest BCUT2D eigenvalue weighted by atomic mass is 16.5. The van der Waals surface area contributed by atoms with Crippen molar-refractivity contribution >= 4 is 5.82 Å². The van der Waals surface area contributed by atoms with E-state index in [1.54, 1.807) is 14.2 Å². The van der Waals surface area contributed by atoms with Crippen LogP contribution in [0.2, 0.25) is 0 Å². The first kappa shape index (κ1) is 13.8. The Morgan fingerprint density at radius 2 is 1.81 bits per heavy atom. The molecule has 0 bridgehead atoms. The predicted octanol–water partition coefficient (Wildman–Crippen LogP) is 3.05. The summed E-state index contributed by atoms with van der Waals surface area (Å²) in [5.41, 5.74) is 8.10. The molecule has 0 spiro atoms. The van der Waals surface area contributed by atoms with Gasteiger partial charge in [0.2, 0.25) is 0 Å². The maximum atomic E-state index is 6.35. The Morgan fingerprint density at radius 3 is 2.29 bits per heavy atom. The van der Waals surface area contributed by atoms with Crippen molar-refractivity contribution in [2.75, 3.05) is 20.0 Å². The average Bonchev–Trinajstić information content (AvgIpc) is 3.29. The Labute approximate surface area is 124 Å². The minimum atomic E-state index is 0.522. The van der Waals surface area contributed by atoms with Crippen molar-refractivity contribution in [3.05, 3.63) is 24.0 Å². The van der Waals surface area contributed by atoms with Gasteiger partial charge in [0, 0.05) is 24.1 Å². The van der Waals surface area contributed by atoms with Gasteiger partial charge in [-0.2, -0.15) is 0 Å². The number of ether oxygens (including phenoxy) is 2. The van der Waals surface area contributed by atoms with Crippen LogP contribution in [-0.2, 0) is 6.42 Å². The normalized spacial score (nSPS) is 14.2. The molecule has 0 atom stereocenters. The summed E-state index contributed by atoms with van der Waals surface area (Å²) in [7, 11) is 3.28. The van der Waals surface area contributed by atoms with Crippen molar-refractivity contribution in [1.82, 2.24) is 9.55 Å². The van der Waals surface area contributed by atoms with Crippen molar-refractivity contribution in [3.63, 3.8) is 0 Å². The second-order valence-electron chi connectivity index (χ2n) is 5.32. The Morgan fingerprint density at radius 1 is 1.19 bits per heavy atom. The zero-order chi connectivity index (χ0) is 15.0. The number of nitrogen functional groups attached to an aromatic ring is 1. The number of imidazole rings is 1. The van der Waals surface area contributed by atoms with Gasteiger partial charge in [-0.1, -0.05) is 6.92 Å². The SMILES string of the molecule is CCc1nc(-c2cc(OC)cc(OC)c2)c(N)n1C1CC1. The lowest BCUT2D eigenvalue weighted by atomic mass is 10.1. The van der Waals surface area contributed by atoms with Gasteiger partial charge < -0.3 is 19.8 Å². The van der Waals surface area contributed by atoms with Gasteiger partial charge in [0.15, 0.2) is 0 Å². The van der Waals surface area contributed by atoms with E-state index in [1.165, 1.54) is 12.8 Å². The van der Waals surface area contributed by atoms with Crippen LogP contribution < -0.4 is 15.2 Å². The molecule has 0 saturated heterocycles. The lowest BCUT2D eigenvalue weighted by Crippen LogP contribution is -2.04. The van der Waals surface area contributed by atoms with Crippen LogP contribution in [0.1, 0.15) is 31.6 Å². The van der Waals surface area contributed by atoms with Crippen LogP contribution >= 0.6 is 0 Å². The first-order chi connectivity index (χ1) is 10.2. The largest absolute Gasteiger partial charge is 0.497 e. The van der Waals surface area contributed by atoms with Gasteiger partial charge in [-0.15, -0.1) is 0 Å². The van der Waals surface area contributed by atoms with Crippen LogP contribution in [0, 0.1) is 0 Å². The minimum absolute atomic E-state index is 0.522. The Hall–Kier alpha value is -2.17. The molecule has 1 aliphatic carbocycles. The molecule has 1 heterocycles. The first-order valence-electron chi connectivity index (χ1n) is 7.28. The lowest BCUT2D eigenvalue weighted by Gasteiger charge is -2.08. The van der Waals surface area contributed by atoms with Crippen LogP contribution in [0.25, 0.3) is 11.3 Å². The Kier molecular flexibility index (Phi) is 3.49. The third kappa shape index (κ3) is 2.44. The zero-order valence-electron chi connectivity index (χ0n) is 12.7. The lowest BCUT2D eigenvalue weighted by molar-refractivity contribution is 0.394. The maximum Gasteiger partial charge on any atom is 0.131 e. The summed E-state index contributed by atoms with van der Waals surface area (Å²) in [6, 6.07) is 6.25. The van der Waals surface area contributed by atoms with Crippen molar-refractivity contribution in [3.8, 4) is 22.8 Å². The quantitative estimate of drug-likeness (QED) is 0.918. The van der Waals surface area contributed by atoms with Crippen LogP contribution in [0.4, 0.5) is 5.82 Å². The van der Waals surface area contributed by atoms with Crippen LogP contribution in [-0.4, -0.2) is 23.8 Å². The molecule has 1 aliphatic rings. The topological polar surface area (TPSA) is 62.3 Å². The van der Waals surface area contributed by atoms with E-state index in [9.17, 15) is 0 Å². The third-order valence-electron chi connectivity index (χ3n) is 3.87. The molecule has 0 aliphatic heterocycles. The van der Waals surface area contributed by atoms with E-state index < -0.39 is 0 Å². The smallest absolute Gasteiger partial charge is 0.131 e. The number of anilines is 1. The molecule has 0 amide bonds. The highest BCUT2D eigenvalue weighted by molar-refractivity contribution is 5.73. The van der Waals surface area contributed by atoms with E-state index in [0.29, 0.717) is 6.04 Å². The fraction of sp³-hybridized carbons (Fsp3) is 0.438. The highest BCUT2D eigenvalue weighted by Gasteiger charge is 2.29. The summed E-state index contributed by atoms with van der Waals surface area (Å²) in [6.07, 6.45) is 3.25. The van der Waals surface area contributed by atoms with Gasteiger partial charge >= 0.3 is 0 Å². The van der Waals surface area contributed by atoms with Crippen LogP contribution in [0.5, 0.6) is 11.5 Å². The molecule has 0 unspecified atom stereocenters. The molecule has 5 heteroatoms. The van der Waals surface area contributed by atoms with Crippen molar-refractivity contribution in [1.29, 1.82) is 0 Å². The second-order valence-corrected chi connectivity index (χ2v) is 5.32. The van der Waals surface area contributed by atoms with Crippen LogP contribution in [0.3, 0.4) is 0 Å². The Balaban J connectivity index is 2.11. The van der Waals surface area contributed by atoms with Crippen molar-refractivity contribution < 1.29 is 9.47 Å². The number of rotatable bonds is 5. The fourth-order valence-corrected chi connectivity index (χ4v) is 2.64. The molecule has 5 nitrogen and oxygen atoms in total. The van der Waals surface area contributed by atoms with E-state index in [0.717, 1.165) is 40.8 Å². The van der Waals surface area contributed by atoms with Gasteiger partial charge in [0.05, 0.1) is 14.2 Å². The number of hydrogen-bond donors (Lipinski definition) is 1. The number of methoxy groups -OCH3 is 2. The summed E-state index contributed by atoms with van der Waals surface area (Å²) in [5.74, 6) is 3.27. The molecule has 1 fully saturated rings. The number of aryl methyl sites for hydroxylation is 1. The molecule has 0 radical (unpaired) electrons. The van der Waals surface area contributed by atoms with E-state index in [-0.39, 0.29) is 0 Å². The molecule has 3 rings (SSSR count). The molecular weight excluding hydrogens is 266 g/mol. The van der Waals surface area contributed by atoms with Gasteiger partial charge in [-0.25, -0.2) is 4.98 Å². The van der Waals surface area contributed by atoms with E-state index in [2.05, 4.69) is 11.5 Å². The molecule has 2 aromatic rings. The highest BCUT2D eigenvalue weighted by Crippen LogP contribution is 2.41. The molecule has 1 saturated carbocycles. The molecule has 2 N–H and O–H groups in total. The second kappa shape index (κ2) is 5.31. The Bertz CT molecular complexity index is 638. The fourth-order valence-electron chi connectivity index (χ4n) is 2.64. The number of benzene rings is 1. The first-order valence-corrected chi connectivity index (χ1v) is 7.28. The number of hydrogen-bond acceptors (Lipinski definition) is 4. The third-order valence-corrected chi connectivity index (χ3v) is 3.87. The van der Waals surface area contributed by atoms with Gasteiger partial charge in [0.1, 0.15) is 28.8 Å². The summed E-state index contributed by atoms with van der Waals surface area (Å²) < 4.78 is 12.8. The standard InChI is InChI=1S/C16H21N3O2/c1-4-14-18-15(16(17)19(14)11-5-6-11)10-7-12(20-2)9-13(8-10)21-3/h7-9,11H,4-6,17H2,1-3H3. The molecule has 1 aromatic heterocycles.